The first-order chi connectivity index (χ1) is 5.37. The summed E-state index contributed by atoms with van der Waals surface area (Å²) >= 11 is 0. The minimum absolute atomic E-state index is 0.163. The highest BCUT2D eigenvalue weighted by atomic mass is 19.3. The molecule has 0 nitrogen and oxygen atoms in total. The Morgan fingerprint density at radius 3 is 1.67 bits per heavy atom. The van der Waals surface area contributed by atoms with Crippen molar-refractivity contribution in [1.82, 2.24) is 0 Å². The molecule has 2 fully saturated rings. The predicted octanol–water partition coefficient (Wildman–Crippen LogP) is 3.61. The fourth-order valence-electron chi connectivity index (χ4n) is 2.33. The van der Waals surface area contributed by atoms with Gasteiger partial charge in [0, 0.05) is 11.8 Å². The SMILES string of the molecule is CC1(C)CCC2(CC1)CC2(F)F. The van der Waals surface area contributed by atoms with Crippen molar-refractivity contribution in [2.75, 3.05) is 0 Å². The van der Waals surface area contributed by atoms with Gasteiger partial charge in [-0.25, -0.2) is 8.78 Å². The first-order valence-electron chi connectivity index (χ1n) is 4.75. The Hall–Kier alpha value is -0.140. The maximum absolute atomic E-state index is 12.9. The van der Waals surface area contributed by atoms with Gasteiger partial charge in [0.15, 0.2) is 0 Å². The zero-order valence-corrected chi connectivity index (χ0v) is 7.79. The van der Waals surface area contributed by atoms with E-state index < -0.39 is 11.3 Å². The monoisotopic (exact) mass is 174 g/mol. The van der Waals surface area contributed by atoms with Gasteiger partial charge in [0.1, 0.15) is 0 Å². The molecule has 0 heterocycles. The smallest absolute Gasteiger partial charge is 0.206 e. The van der Waals surface area contributed by atoms with E-state index in [2.05, 4.69) is 13.8 Å². The molecule has 0 amide bonds. The van der Waals surface area contributed by atoms with Crippen LogP contribution in [0, 0.1) is 10.8 Å². The van der Waals surface area contributed by atoms with Gasteiger partial charge in [0.05, 0.1) is 0 Å². The van der Waals surface area contributed by atoms with Crippen molar-refractivity contribution >= 4 is 0 Å². The predicted molar refractivity (Wildman–Crippen MR) is 44.2 cm³/mol. The maximum Gasteiger partial charge on any atom is 0.254 e. The van der Waals surface area contributed by atoms with E-state index in [1.54, 1.807) is 0 Å². The first-order valence-corrected chi connectivity index (χ1v) is 4.75. The zero-order valence-electron chi connectivity index (χ0n) is 7.79. The molecule has 0 aliphatic heterocycles. The van der Waals surface area contributed by atoms with Crippen LogP contribution in [0.2, 0.25) is 0 Å². The summed E-state index contributed by atoms with van der Waals surface area (Å²) in [6.45, 7) is 4.36. The van der Waals surface area contributed by atoms with Crippen molar-refractivity contribution in [3.05, 3.63) is 0 Å². The molecule has 0 radical (unpaired) electrons. The number of hydrogen-bond acceptors (Lipinski definition) is 0. The van der Waals surface area contributed by atoms with Crippen LogP contribution in [0.25, 0.3) is 0 Å². The van der Waals surface area contributed by atoms with Crippen molar-refractivity contribution in [3.8, 4) is 0 Å². The standard InChI is InChI=1S/C10H16F2/c1-8(2)3-5-9(6-4-8)7-10(9,11)12/h3-7H2,1-2H3. The molecule has 0 aromatic carbocycles. The summed E-state index contributed by atoms with van der Waals surface area (Å²) in [5, 5.41) is 0. The Labute approximate surface area is 72.3 Å². The lowest BCUT2D eigenvalue weighted by molar-refractivity contribution is 0.0294. The fraction of sp³-hybridized carbons (Fsp3) is 1.00. The summed E-state index contributed by atoms with van der Waals surface area (Å²) in [5.41, 5.74) is -0.244. The molecular weight excluding hydrogens is 158 g/mol. The average Bonchev–Trinajstić information content (AvgIpc) is 2.45. The topological polar surface area (TPSA) is 0 Å². The molecule has 70 valence electrons. The lowest BCUT2D eigenvalue weighted by Crippen LogP contribution is -2.25. The summed E-state index contributed by atoms with van der Waals surface area (Å²) in [7, 11) is 0. The highest BCUT2D eigenvalue weighted by Crippen LogP contribution is 2.69. The second-order valence-electron chi connectivity index (χ2n) is 5.33. The number of alkyl halides is 2. The van der Waals surface area contributed by atoms with Crippen molar-refractivity contribution in [2.24, 2.45) is 10.8 Å². The van der Waals surface area contributed by atoms with E-state index in [9.17, 15) is 8.78 Å². The minimum Gasteiger partial charge on any atom is -0.206 e. The van der Waals surface area contributed by atoms with Crippen LogP contribution in [0.3, 0.4) is 0 Å². The fourth-order valence-corrected chi connectivity index (χ4v) is 2.33. The molecule has 0 unspecified atom stereocenters. The third-order valence-electron chi connectivity index (χ3n) is 3.77. The molecule has 2 aliphatic carbocycles. The van der Waals surface area contributed by atoms with Gasteiger partial charge in [-0.15, -0.1) is 0 Å². The lowest BCUT2D eigenvalue weighted by atomic mass is 9.71. The van der Waals surface area contributed by atoms with Gasteiger partial charge in [0.25, 0.3) is 5.92 Å². The summed E-state index contributed by atoms with van der Waals surface area (Å²) in [5.74, 6) is -2.32. The van der Waals surface area contributed by atoms with Crippen LogP contribution in [0.4, 0.5) is 8.78 Å². The second-order valence-corrected chi connectivity index (χ2v) is 5.33. The van der Waals surface area contributed by atoms with Crippen molar-refractivity contribution in [3.63, 3.8) is 0 Å². The van der Waals surface area contributed by atoms with Crippen LogP contribution < -0.4 is 0 Å². The van der Waals surface area contributed by atoms with E-state index in [-0.39, 0.29) is 6.42 Å². The van der Waals surface area contributed by atoms with E-state index >= 15 is 0 Å². The van der Waals surface area contributed by atoms with Gasteiger partial charge in [-0.05, 0) is 31.1 Å². The summed E-state index contributed by atoms with van der Waals surface area (Å²) in [4.78, 5) is 0. The van der Waals surface area contributed by atoms with E-state index in [1.165, 1.54) is 0 Å². The largest absolute Gasteiger partial charge is 0.254 e. The molecule has 0 bridgehead atoms. The van der Waals surface area contributed by atoms with Crippen molar-refractivity contribution in [1.29, 1.82) is 0 Å². The summed E-state index contributed by atoms with van der Waals surface area (Å²) in [6.07, 6.45) is 3.60. The number of halogens is 2. The first kappa shape index (κ1) is 8.46. The zero-order chi connectivity index (χ0) is 9.04. The van der Waals surface area contributed by atoms with Crippen LogP contribution in [0.15, 0.2) is 0 Å². The van der Waals surface area contributed by atoms with Crippen LogP contribution >= 0.6 is 0 Å². The van der Waals surface area contributed by atoms with Gasteiger partial charge < -0.3 is 0 Å². The third kappa shape index (κ3) is 1.07. The highest BCUT2D eigenvalue weighted by Gasteiger charge is 2.70. The maximum atomic E-state index is 12.9. The Balaban J connectivity index is 2.01. The molecular formula is C10H16F2. The molecule has 0 aromatic heterocycles. The molecule has 0 N–H and O–H groups in total. The van der Waals surface area contributed by atoms with E-state index in [4.69, 9.17) is 0 Å². The van der Waals surface area contributed by atoms with Crippen LogP contribution in [-0.2, 0) is 0 Å². The average molecular weight is 174 g/mol. The molecule has 0 atom stereocenters. The Kier molecular flexibility index (Phi) is 1.42. The van der Waals surface area contributed by atoms with Gasteiger partial charge in [-0.1, -0.05) is 13.8 Å². The minimum atomic E-state index is -2.32. The van der Waals surface area contributed by atoms with Crippen molar-refractivity contribution < 1.29 is 8.78 Å². The van der Waals surface area contributed by atoms with Gasteiger partial charge in [-0.2, -0.15) is 0 Å². The number of hydrogen-bond donors (Lipinski definition) is 0. The molecule has 0 saturated heterocycles. The van der Waals surface area contributed by atoms with E-state index in [1.807, 2.05) is 0 Å². The summed E-state index contributed by atoms with van der Waals surface area (Å²) in [6, 6.07) is 0. The quantitative estimate of drug-likeness (QED) is 0.526. The molecule has 1 spiro atoms. The third-order valence-corrected chi connectivity index (χ3v) is 3.77. The van der Waals surface area contributed by atoms with Crippen LogP contribution in [0.5, 0.6) is 0 Å². The Bertz CT molecular complexity index is 196. The molecule has 0 aromatic rings. The van der Waals surface area contributed by atoms with Crippen LogP contribution in [-0.4, -0.2) is 5.92 Å². The molecule has 2 saturated carbocycles. The van der Waals surface area contributed by atoms with E-state index in [0.29, 0.717) is 5.41 Å². The van der Waals surface area contributed by atoms with Crippen LogP contribution in [0.1, 0.15) is 46.0 Å². The Morgan fingerprint density at radius 1 is 0.917 bits per heavy atom. The molecule has 12 heavy (non-hydrogen) atoms. The van der Waals surface area contributed by atoms with Gasteiger partial charge in [-0.3, -0.25) is 0 Å². The van der Waals surface area contributed by atoms with Gasteiger partial charge >= 0.3 is 0 Å². The summed E-state index contributed by atoms with van der Waals surface area (Å²) < 4.78 is 25.8. The normalized spacial score (nSPS) is 35.0. The lowest BCUT2D eigenvalue weighted by Gasteiger charge is -2.34. The van der Waals surface area contributed by atoms with Gasteiger partial charge in [0.2, 0.25) is 0 Å². The molecule has 2 rings (SSSR count). The molecule has 2 aliphatic rings. The van der Waals surface area contributed by atoms with Crippen molar-refractivity contribution in [2.45, 2.75) is 51.9 Å². The highest BCUT2D eigenvalue weighted by molar-refractivity contribution is 5.12. The van der Waals surface area contributed by atoms with E-state index in [0.717, 1.165) is 25.7 Å². The molecule has 2 heteroatoms. The second kappa shape index (κ2) is 2.02. The number of rotatable bonds is 0. The Morgan fingerprint density at radius 2 is 1.33 bits per heavy atom.